The minimum Gasteiger partial charge on any atom is -0.460 e. The molecule has 2 amide bonds. The van der Waals surface area contributed by atoms with Crippen LogP contribution in [0.4, 0.5) is 0 Å². The number of fused-ring (bicyclic) bond motifs is 4. The number of aliphatic hydroxyl groups excluding tert-OH is 1. The normalized spacial score (nSPS) is 30.2. The Morgan fingerprint density at radius 3 is 2.32 bits per heavy atom. The van der Waals surface area contributed by atoms with E-state index >= 15 is 4.79 Å². The molecule has 8 rings (SSSR count). The maximum Gasteiger partial charge on any atom is 0.327 e. The van der Waals surface area contributed by atoms with Gasteiger partial charge in [0.05, 0.1) is 19.2 Å². The number of likely N-dealkylation sites (N-methyl/N-ethyl adjacent to an activating group) is 1. The van der Waals surface area contributed by atoms with E-state index in [0.29, 0.717) is 0 Å². The van der Waals surface area contributed by atoms with E-state index in [1.807, 2.05) is 54.6 Å². The van der Waals surface area contributed by atoms with Crippen molar-refractivity contribution in [3.8, 4) is 0 Å². The van der Waals surface area contributed by atoms with Crippen molar-refractivity contribution < 1.29 is 48.1 Å². The number of halogens is 1. The molecular formula is C42H52IN3O10. The van der Waals surface area contributed by atoms with Crippen LogP contribution in [0.2, 0.25) is 0 Å². The third kappa shape index (κ3) is 7.38. The lowest BCUT2D eigenvalue weighted by Gasteiger charge is -2.50. The second-order valence-electron chi connectivity index (χ2n) is 17.4. The van der Waals surface area contributed by atoms with Gasteiger partial charge in [0.1, 0.15) is 41.5 Å². The van der Waals surface area contributed by atoms with E-state index in [1.54, 1.807) is 32.9 Å². The van der Waals surface area contributed by atoms with Gasteiger partial charge in [-0.05, 0) is 92.7 Å². The van der Waals surface area contributed by atoms with E-state index in [9.17, 15) is 19.5 Å². The monoisotopic (exact) mass is 885 g/mol. The van der Waals surface area contributed by atoms with E-state index in [2.05, 4.69) is 27.9 Å². The molecule has 2 bridgehead atoms. The maximum atomic E-state index is 15.6. The molecule has 13 nitrogen and oxygen atoms in total. The van der Waals surface area contributed by atoms with E-state index in [-0.39, 0.29) is 44.1 Å². The topological polar surface area (TPSA) is 153 Å². The maximum absolute atomic E-state index is 15.6. The van der Waals surface area contributed by atoms with Crippen LogP contribution in [0.1, 0.15) is 76.8 Å². The van der Waals surface area contributed by atoms with Crippen molar-refractivity contribution in [2.75, 3.05) is 13.7 Å². The number of aliphatic hydroxyl groups is 1. The average molecular weight is 886 g/mol. The van der Waals surface area contributed by atoms with Gasteiger partial charge >= 0.3 is 11.9 Å². The fraction of sp³-hybridized carbons (Fsp3) is 0.619. The Hall–Kier alpha value is -3.15. The molecule has 6 aliphatic rings. The highest BCUT2D eigenvalue weighted by molar-refractivity contribution is 14.1. The predicted octanol–water partition coefficient (Wildman–Crippen LogP) is 4.06. The summed E-state index contributed by atoms with van der Waals surface area (Å²) in [5.41, 5.74) is -0.404. The third-order valence-corrected chi connectivity index (χ3v) is 13.3. The van der Waals surface area contributed by atoms with Crippen LogP contribution in [0.15, 0.2) is 54.6 Å². The zero-order valence-electron chi connectivity index (χ0n) is 32.4. The fourth-order valence-electron chi connectivity index (χ4n) is 9.34. The number of hydrogen-bond donors (Lipinski definition) is 2. The Balaban J connectivity index is 1.13. The zero-order valence-corrected chi connectivity index (χ0v) is 34.5. The molecule has 3 aliphatic heterocycles. The minimum atomic E-state index is -1.47. The summed E-state index contributed by atoms with van der Waals surface area (Å²) in [5.74, 6) is -2.27. The van der Waals surface area contributed by atoms with Crippen LogP contribution in [0.5, 0.6) is 0 Å². The van der Waals surface area contributed by atoms with Gasteiger partial charge in [-0.1, -0.05) is 48.5 Å². The molecule has 2 aromatic carbocycles. The summed E-state index contributed by atoms with van der Waals surface area (Å²) < 4.78 is 26.6. The molecular weight excluding hydrogens is 833 g/mol. The molecule has 0 spiro atoms. The predicted molar refractivity (Wildman–Crippen MR) is 209 cm³/mol. The summed E-state index contributed by atoms with van der Waals surface area (Å²) >= 11 is 2.25. The molecule has 302 valence electrons. The van der Waals surface area contributed by atoms with Gasteiger partial charge < -0.3 is 34.3 Å². The molecule has 2 N–H and O–H groups in total. The quantitative estimate of drug-likeness (QED) is 0.209. The van der Waals surface area contributed by atoms with Gasteiger partial charge in [0, 0.05) is 41.7 Å². The number of rotatable bonds is 14. The molecule has 8 unspecified atom stereocenters. The number of carbonyl (C=O) groups is 4. The number of carbonyl (C=O) groups excluding carboxylic acids is 4. The van der Waals surface area contributed by atoms with Crippen LogP contribution in [0.25, 0.3) is 0 Å². The highest BCUT2D eigenvalue weighted by atomic mass is 127. The van der Waals surface area contributed by atoms with Crippen molar-refractivity contribution >= 4 is 46.3 Å². The smallest absolute Gasteiger partial charge is 0.327 e. The summed E-state index contributed by atoms with van der Waals surface area (Å²) in [6, 6.07) is 14.3. The lowest BCUT2D eigenvalue weighted by atomic mass is 9.62. The van der Waals surface area contributed by atoms with Crippen molar-refractivity contribution in [3.63, 3.8) is 0 Å². The van der Waals surface area contributed by atoms with Gasteiger partial charge in [-0.3, -0.25) is 24.0 Å². The molecule has 3 saturated heterocycles. The van der Waals surface area contributed by atoms with Crippen LogP contribution < -0.4 is 5.32 Å². The van der Waals surface area contributed by atoms with Gasteiger partial charge in [0.15, 0.2) is 11.8 Å². The molecule has 6 fully saturated rings. The van der Waals surface area contributed by atoms with Crippen molar-refractivity contribution in [1.29, 1.82) is 0 Å². The van der Waals surface area contributed by atoms with Crippen LogP contribution in [0, 0.1) is 20.8 Å². The van der Waals surface area contributed by atoms with E-state index in [0.717, 1.165) is 40.4 Å². The average Bonchev–Trinajstić information content (AvgIpc) is 4.11. The lowest BCUT2D eigenvalue weighted by molar-refractivity contribution is -0.235. The largest absolute Gasteiger partial charge is 0.460 e. The fourth-order valence-corrected chi connectivity index (χ4v) is 9.90. The number of hydrogen-bond acceptors (Lipinski definition) is 11. The molecule has 56 heavy (non-hydrogen) atoms. The second-order valence-corrected chi connectivity index (χ2v) is 18.5. The molecule has 3 aliphatic carbocycles. The number of hydroxylamine groups is 2. The van der Waals surface area contributed by atoms with Crippen LogP contribution in [0.3, 0.4) is 0 Å². The lowest BCUT2D eigenvalue weighted by Crippen LogP contribution is -2.70. The van der Waals surface area contributed by atoms with Crippen LogP contribution >= 0.6 is 22.6 Å². The first-order chi connectivity index (χ1) is 26.7. The van der Waals surface area contributed by atoms with E-state index in [4.69, 9.17) is 23.8 Å². The highest BCUT2D eigenvalue weighted by Gasteiger charge is 2.78. The number of nitrogens with one attached hydrogen (secondary N) is 1. The van der Waals surface area contributed by atoms with Gasteiger partial charge in [-0.25, -0.2) is 0 Å². The van der Waals surface area contributed by atoms with Crippen molar-refractivity contribution in [3.05, 3.63) is 69.3 Å². The minimum absolute atomic E-state index is 0.0156. The second kappa shape index (κ2) is 15.2. The molecule has 8 atom stereocenters. The Bertz CT molecular complexity index is 1820. The molecule has 3 heterocycles. The van der Waals surface area contributed by atoms with Crippen LogP contribution in [-0.4, -0.2) is 106 Å². The van der Waals surface area contributed by atoms with Gasteiger partial charge in [0.25, 0.3) is 0 Å². The van der Waals surface area contributed by atoms with Crippen molar-refractivity contribution in [2.45, 2.75) is 133 Å². The summed E-state index contributed by atoms with van der Waals surface area (Å²) in [6.07, 6.45) is 1.45. The molecule has 14 heteroatoms. The standard InChI is InChI=1S/C42H52IN3O10/c1-40(2,3)53-32(48)19-18-28(23-47)44-37(49)30(20-24-10-6-5-7-11-24)45(4)39(51)41-21-31-33-34(55-42(54-33,26-14-15-26)27-16-17-27)36(41)56-46(35(41)38(50)52-31)22-25-12-8-9-13-29(25)43/h5-13,26-28,30-31,33-36,47H,14-23H2,1-4H3,(H,44,49). The van der Waals surface area contributed by atoms with Crippen molar-refractivity contribution in [1.82, 2.24) is 15.3 Å². The Morgan fingerprint density at radius 1 is 1.02 bits per heavy atom. The summed E-state index contributed by atoms with van der Waals surface area (Å²) in [5, 5.41) is 14.8. The van der Waals surface area contributed by atoms with E-state index < -0.39 is 89.7 Å². The molecule has 0 aromatic heterocycles. The first-order valence-corrected chi connectivity index (χ1v) is 21.0. The first-order valence-electron chi connectivity index (χ1n) is 19.9. The number of benzene rings is 2. The number of amides is 2. The molecule has 0 radical (unpaired) electrons. The zero-order chi connectivity index (χ0) is 39.6. The summed E-state index contributed by atoms with van der Waals surface area (Å²) in [6.45, 7) is 5.13. The van der Waals surface area contributed by atoms with Gasteiger partial charge in [-0.15, -0.1) is 0 Å². The van der Waals surface area contributed by atoms with Crippen molar-refractivity contribution in [2.24, 2.45) is 17.3 Å². The third-order valence-electron chi connectivity index (χ3n) is 12.2. The Labute approximate surface area is 341 Å². The number of ether oxygens (including phenoxy) is 4. The number of esters is 2. The first kappa shape index (κ1) is 39.7. The van der Waals surface area contributed by atoms with Gasteiger partial charge in [-0.2, -0.15) is 5.06 Å². The Kier molecular flexibility index (Phi) is 10.8. The molecule has 3 saturated carbocycles. The number of nitrogens with zero attached hydrogens (tertiary/aromatic N) is 2. The SMILES string of the molecule is CN(C(=O)C12CC3OC(=O)C1N(Cc1ccccc1I)OC2C1OC(C2CC2)(C2CC2)OC31)C(Cc1ccccc1)C(=O)NC(CO)CCC(=O)OC(C)(C)C. The molecule has 2 aromatic rings. The summed E-state index contributed by atoms with van der Waals surface area (Å²) in [4.78, 5) is 65.2. The highest BCUT2D eigenvalue weighted by Crippen LogP contribution is 2.64. The van der Waals surface area contributed by atoms with Gasteiger partial charge in [0.2, 0.25) is 11.8 Å². The summed E-state index contributed by atoms with van der Waals surface area (Å²) in [7, 11) is 1.59. The van der Waals surface area contributed by atoms with E-state index in [1.165, 1.54) is 4.90 Å². The van der Waals surface area contributed by atoms with Crippen LogP contribution in [-0.2, 0) is 55.9 Å². The Morgan fingerprint density at radius 2 is 1.68 bits per heavy atom.